The van der Waals surface area contributed by atoms with Crippen LogP contribution in [0.5, 0.6) is 0 Å². The molecule has 18 heteroatoms. The van der Waals surface area contributed by atoms with E-state index in [2.05, 4.69) is 5.73 Å². The molecule has 0 heterocycles. The van der Waals surface area contributed by atoms with E-state index in [1.807, 2.05) is 0 Å². The number of aliphatic hydroxyl groups is 1. The van der Waals surface area contributed by atoms with Crippen molar-refractivity contribution in [1.82, 2.24) is 0 Å². The highest BCUT2D eigenvalue weighted by molar-refractivity contribution is 5.83. The average molecular weight is 559 g/mol. The molecule has 0 aromatic rings. The van der Waals surface area contributed by atoms with Crippen molar-refractivity contribution in [3.63, 3.8) is 0 Å². The largest absolute Gasteiger partial charge is 0.481 e. The maximum absolute atomic E-state index is 10.1. The fourth-order valence-electron chi connectivity index (χ4n) is 1.74. The highest BCUT2D eigenvalue weighted by Crippen LogP contribution is 1.98. The summed E-state index contributed by atoms with van der Waals surface area (Å²) in [6.07, 6.45) is 1.37. The summed E-state index contributed by atoms with van der Waals surface area (Å²) >= 11 is 0. The quantitative estimate of drug-likeness (QED) is 0.0857. The molecule has 0 aromatic heterocycles. The zero-order valence-corrected chi connectivity index (χ0v) is 21.1. The van der Waals surface area contributed by atoms with Crippen molar-refractivity contribution in [3.05, 3.63) is 0 Å². The number of hydrogen-bond donors (Lipinski definition) is 12. The van der Waals surface area contributed by atoms with Crippen LogP contribution in [-0.4, -0.2) is 103 Å². The number of carbonyl (C=O) groups is 6. The maximum Gasteiger partial charge on any atom is 0.323 e. The second-order valence-corrected chi connectivity index (χ2v) is 7.68. The molecule has 0 aliphatic rings. The summed E-state index contributed by atoms with van der Waals surface area (Å²) in [5.41, 5.74) is 30.0. The smallest absolute Gasteiger partial charge is 0.323 e. The number of carboxylic acid groups (broad SMARTS) is 5. The van der Waals surface area contributed by atoms with E-state index in [0.717, 1.165) is 12.8 Å². The molecule has 18 N–H and O–H groups in total. The third-order valence-corrected chi connectivity index (χ3v) is 4.05. The first-order valence-electron chi connectivity index (χ1n) is 11.1. The minimum absolute atomic E-state index is 0.0268. The van der Waals surface area contributed by atoms with Crippen molar-refractivity contribution in [2.45, 2.75) is 82.1 Å². The predicted octanol–water partition coefficient (Wildman–Crippen LogP) is -3.77. The molecular formula is C20H42N6O12. The number of rotatable bonds is 15. The third kappa shape index (κ3) is 32.6. The van der Waals surface area contributed by atoms with E-state index in [1.165, 1.54) is 6.92 Å². The van der Waals surface area contributed by atoms with Crippen LogP contribution >= 0.6 is 0 Å². The summed E-state index contributed by atoms with van der Waals surface area (Å²) < 4.78 is 0. The SMILES string of the molecule is C[C@H](O)[C@@H](N)C(=O)O.NC(=O)C[C@@H](N)C(=O)O.NC(CCCC(=O)O)C(=O)O.NCCCC[C@@H](N)C(=O)O. The second-order valence-electron chi connectivity index (χ2n) is 7.68. The number of hydrogen-bond acceptors (Lipinski definition) is 12. The molecule has 0 rings (SSSR count). The first kappa shape index (κ1) is 41.7. The van der Waals surface area contributed by atoms with Crippen LogP contribution in [-0.2, 0) is 28.8 Å². The van der Waals surface area contributed by atoms with Crippen molar-refractivity contribution in [2.75, 3.05) is 6.54 Å². The average Bonchev–Trinajstić information content (AvgIpc) is 2.78. The van der Waals surface area contributed by atoms with Gasteiger partial charge in [0.2, 0.25) is 5.91 Å². The van der Waals surface area contributed by atoms with Crippen LogP contribution in [0.15, 0.2) is 0 Å². The van der Waals surface area contributed by atoms with E-state index in [-0.39, 0.29) is 19.3 Å². The monoisotopic (exact) mass is 558 g/mol. The van der Waals surface area contributed by atoms with Crippen molar-refractivity contribution in [3.8, 4) is 0 Å². The highest BCUT2D eigenvalue weighted by atomic mass is 16.4. The Kier molecular flexibility index (Phi) is 27.7. The molecular weight excluding hydrogens is 516 g/mol. The number of nitrogens with two attached hydrogens (primary N) is 6. The van der Waals surface area contributed by atoms with Crippen LogP contribution in [0.3, 0.4) is 0 Å². The van der Waals surface area contributed by atoms with Crippen molar-refractivity contribution >= 4 is 35.8 Å². The molecule has 18 nitrogen and oxygen atoms in total. The highest BCUT2D eigenvalue weighted by Gasteiger charge is 2.16. The summed E-state index contributed by atoms with van der Waals surface area (Å²) in [6, 6.07) is -3.97. The fraction of sp³-hybridized carbons (Fsp3) is 0.700. The Hall–Kier alpha value is -3.42. The van der Waals surface area contributed by atoms with Gasteiger partial charge in [-0.05, 0) is 39.2 Å². The fourth-order valence-corrected chi connectivity index (χ4v) is 1.74. The Morgan fingerprint density at radius 2 is 1.05 bits per heavy atom. The molecule has 0 spiro atoms. The summed E-state index contributed by atoms with van der Waals surface area (Å²) in [6.45, 7) is 1.94. The Bertz CT molecular complexity index is 723. The van der Waals surface area contributed by atoms with E-state index in [9.17, 15) is 28.8 Å². The Balaban J connectivity index is -0.000000204. The van der Waals surface area contributed by atoms with Crippen molar-refractivity contribution in [1.29, 1.82) is 0 Å². The first-order valence-corrected chi connectivity index (χ1v) is 11.1. The van der Waals surface area contributed by atoms with Crippen LogP contribution in [0.1, 0.15) is 51.9 Å². The molecule has 224 valence electrons. The van der Waals surface area contributed by atoms with Crippen LogP contribution in [0.4, 0.5) is 0 Å². The number of primary amides is 1. The van der Waals surface area contributed by atoms with Gasteiger partial charge in [0.25, 0.3) is 0 Å². The van der Waals surface area contributed by atoms with Gasteiger partial charge in [-0.25, -0.2) is 0 Å². The van der Waals surface area contributed by atoms with Gasteiger partial charge in [-0.15, -0.1) is 0 Å². The van der Waals surface area contributed by atoms with Crippen LogP contribution in [0.25, 0.3) is 0 Å². The van der Waals surface area contributed by atoms with Gasteiger partial charge in [-0.2, -0.15) is 0 Å². The van der Waals surface area contributed by atoms with E-state index >= 15 is 0 Å². The summed E-state index contributed by atoms with van der Waals surface area (Å²) in [5.74, 6) is -6.05. The molecule has 0 radical (unpaired) electrons. The summed E-state index contributed by atoms with van der Waals surface area (Å²) in [5, 5.41) is 49.4. The number of carboxylic acids is 5. The van der Waals surface area contributed by atoms with Gasteiger partial charge in [0.15, 0.2) is 0 Å². The molecule has 38 heavy (non-hydrogen) atoms. The van der Waals surface area contributed by atoms with Gasteiger partial charge < -0.3 is 65.0 Å². The van der Waals surface area contributed by atoms with Crippen LogP contribution in [0, 0.1) is 0 Å². The molecule has 5 atom stereocenters. The zero-order chi connectivity index (χ0) is 31.0. The molecule has 0 bridgehead atoms. The Labute approximate surface area is 218 Å². The molecule has 1 amide bonds. The zero-order valence-electron chi connectivity index (χ0n) is 21.1. The van der Waals surface area contributed by atoms with Crippen LogP contribution in [0.2, 0.25) is 0 Å². The normalized spacial score (nSPS) is 13.7. The van der Waals surface area contributed by atoms with Gasteiger partial charge in [0, 0.05) is 6.42 Å². The minimum Gasteiger partial charge on any atom is -0.481 e. The van der Waals surface area contributed by atoms with Gasteiger partial charge >= 0.3 is 29.8 Å². The molecule has 0 aliphatic heterocycles. The minimum atomic E-state index is -1.21. The van der Waals surface area contributed by atoms with E-state index < -0.39 is 66.0 Å². The lowest BCUT2D eigenvalue weighted by Gasteiger charge is -2.06. The number of unbranched alkanes of at least 4 members (excludes halogenated alkanes) is 1. The number of carbonyl (C=O) groups excluding carboxylic acids is 1. The Morgan fingerprint density at radius 3 is 1.26 bits per heavy atom. The number of amides is 1. The van der Waals surface area contributed by atoms with Crippen molar-refractivity contribution in [2.24, 2.45) is 34.4 Å². The summed E-state index contributed by atoms with van der Waals surface area (Å²) in [4.78, 5) is 60.0. The molecule has 1 unspecified atom stereocenters. The van der Waals surface area contributed by atoms with Gasteiger partial charge in [0.05, 0.1) is 12.5 Å². The predicted molar refractivity (Wildman–Crippen MR) is 132 cm³/mol. The Morgan fingerprint density at radius 1 is 0.658 bits per heavy atom. The van der Waals surface area contributed by atoms with Crippen LogP contribution < -0.4 is 34.4 Å². The van der Waals surface area contributed by atoms with E-state index in [1.54, 1.807) is 0 Å². The third-order valence-electron chi connectivity index (χ3n) is 4.05. The van der Waals surface area contributed by atoms with Gasteiger partial charge in [-0.3, -0.25) is 28.8 Å². The first-order chi connectivity index (χ1) is 17.3. The molecule has 0 saturated carbocycles. The number of aliphatic hydroxyl groups excluding tert-OH is 1. The lowest BCUT2D eigenvalue weighted by molar-refractivity contribution is -0.141. The lowest BCUT2D eigenvalue weighted by Crippen LogP contribution is -2.39. The lowest BCUT2D eigenvalue weighted by atomic mass is 10.1. The van der Waals surface area contributed by atoms with E-state index in [4.69, 9.17) is 59.3 Å². The standard InChI is InChI=1S/C6H14N2O2.C6H11NO4.C4H8N2O3.C4H9NO3/c7-4-2-1-3-5(8)6(9)10;7-4(6(10)11)2-1-3-5(8)9;5-2(4(8)9)1-3(6)7;1-2(6)3(5)4(7)8/h5H,1-4,7-8H2,(H,9,10);4H,1-3,7H2,(H,8,9)(H,10,11);2H,1,5H2,(H2,6,7)(H,8,9);2-3,6H,5H2,1H3,(H,7,8)/t5-;;2-;2-,3+/m1.10/s1. The van der Waals surface area contributed by atoms with Gasteiger partial charge in [-0.1, -0.05) is 6.42 Å². The molecule has 0 aromatic carbocycles. The second kappa shape index (κ2) is 25.2. The topological polar surface area (TPSA) is 380 Å². The molecule has 0 saturated heterocycles. The van der Waals surface area contributed by atoms with Crippen molar-refractivity contribution < 1.29 is 59.4 Å². The van der Waals surface area contributed by atoms with E-state index in [0.29, 0.717) is 19.4 Å². The van der Waals surface area contributed by atoms with Gasteiger partial charge in [0.1, 0.15) is 24.2 Å². The summed E-state index contributed by atoms with van der Waals surface area (Å²) in [7, 11) is 0. The molecule has 0 fully saturated rings. The number of aliphatic carboxylic acids is 5. The maximum atomic E-state index is 10.1. The molecule has 0 aliphatic carbocycles.